The maximum atomic E-state index is 10.0. The summed E-state index contributed by atoms with van der Waals surface area (Å²) < 4.78 is 8.54. The molecule has 0 bridgehead atoms. The van der Waals surface area contributed by atoms with E-state index < -0.39 is 6.10 Å². The number of nitriles is 1. The number of nitrogens with zero attached hydrogens (tertiary/aromatic N) is 8. The van der Waals surface area contributed by atoms with Gasteiger partial charge >= 0.3 is 0 Å². The molecular weight excluding hydrogens is 456 g/mol. The van der Waals surface area contributed by atoms with Crippen molar-refractivity contribution in [1.82, 2.24) is 29.2 Å². The Kier molecular flexibility index (Phi) is 7.95. The molecule has 10 heteroatoms. The number of ether oxygens (including phenoxy) is 1. The number of hydrogen-bond acceptors (Lipinski definition) is 8. The number of aryl methyl sites for hydroxylation is 1. The second-order valence-corrected chi connectivity index (χ2v) is 8.94. The first kappa shape index (κ1) is 25.3. The zero-order valence-corrected chi connectivity index (χ0v) is 21.0. The van der Waals surface area contributed by atoms with Gasteiger partial charge in [0.05, 0.1) is 36.2 Å². The Labute approximate surface area is 211 Å². The highest BCUT2D eigenvalue weighted by Crippen LogP contribution is 2.29. The van der Waals surface area contributed by atoms with E-state index in [9.17, 15) is 10.4 Å². The summed E-state index contributed by atoms with van der Waals surface area (Å²) in [5.74, 6) is 0.792. The maximum Gasteiger partial charge on any atom is 0.127 e. The van der Waals surface area contributed by atoms with Gasteiger partial charge in [-0.1, -0.05) is 6.08 Å². The van der Waals surface area contributed by atoms with Crippen LogP contribution < -0.4 is 0 Å². The second kappa shape index (κ2) is 11.3. The van der Waals surface area contributed by atoms with Crippen LogP contribution in [0.4, 0.5) is 0 Å². The number of aliphatic hydroxyl groups is 1. The summed E-state index contributed by atoms with van der Waals surface area (Å²) in [6.45, 7) is 9.96. The number of aliphatic imine (C=N–C) groups is 1. The van der Waals surface area contributed by atoms with E-state index in [1.54, 1.807) is 22.5 Å². The van der Waals surface area contributed by atoms with Crippen LogP contribution in [0.5, 0.6) is 0 Å². The highest BCUT2D eigenvalue weighted by atomic mass is 16.5. The highest BCUT2D eigenvalue weighted by molar-refractivity contribution is 5.84. The van der Waals surface area contributed by atoms with E-state index in [0.717, 1.165) is 59.8 Å². The van der Waals surface area contributed by atoms with Gasteiger partial charge in [0.2, 0.25) is 0 Å². The van der Waals surface area contributed by atoms with Crippen LogP contribution in [0.2, 0.25) is 0 Å². The minimum atomic E-state index is -0.485. The summed E-state index contributed by atoms with van der Waals surface area (Å²) in [5, 5.41) is 28.3. The first-order valence-electron chi connectivity index (χ1n) is 11.8. The predicted molar refractivity (Wildman–Crippen MR) is 139 cm³/mol. The maximum absolute atomic E-state index is 10.0. The Morgan fingerprint density at radius 2 is 2.00 bits per heavy atom. The fourth-order valence-corrected chi connectivity index (χ4v) is 4.48. The summed E-state index contributed by atoms with van der Waals surface area (Å²) in [6, 6.07) is 4.32. The predicted octanol–water partition coefficient (Wildman–Crippen LogP) is 2.18. The monoisotopic (exact) mass is 488 g/mol. The van der Waals surface area contributed by atoms with Crippen LogP contribution >= 0.6 is 0 Å². The van der Waals surface area contributed by atoms with Gasteiger partial charge in [0.25, 0.3) is 0 Å². The third-order valence-electron chi connectivity index (χ3n) is 6.36. The summed E-state index contributed by atoms with van der Waals surface area (Å²) >= 11 is 0. The number of piperazine rings is 1. The van der Waals surface area contributed by atoms with E-state index >= 15 is 0 Å². The number of aliphatic hydroxyl groups excluding tert-OH is 1. The van der Waals surface area contributed by atoms with E-state index in [0.29, 0.717) is 18.7 Å². The molecule has 1 atom stereocenters. The lowest BCUT2D eigenvalue weighted by molar-refractivity contribution is 0.0272. The summed E-state index contributed by atoms with van der Waals surface area (Å²) in [7, 11) is 3.48. The molecule has 0 radical (unpaired) electrons. The molecule has 1 N–H and O–H groups in total. The number of pyridine rings is 1. The number of allylic oxidation sites excluding steroid dienone is 3. The van der Waals surface area contributed by atoms with E-state index in [1.807, 2.05) is 44.7 Å². The van der Waals surface area contributed by atoms with Crippen LogP contribution in [-0.4, -0.2) is 93.6 Å². The van der Waals surface area contributed by atoms with Crippen molar-refractivity contribution in [2.24, 2.45) is 12.0 Å². The van der Waals surface area contributed by atoms with Crippen LogP contribution in [0.1, 0.15) is 18.1 Å². The zero-order valence-electron chi connectivity index (χ0n) is 21.0. The molecule has 4 heterocycles. The van der Waals surface area contributed by atoms with Gasteiger partial charge in [-0.2, -0.15) is 15.5 Å². The van der Waals surface area contributed by atoms with Crippen LogP contribution in [0.3, 0.4) is 0 Å². The number of hydrogen-bond donors (Lipinski definition) is 1. The molecule has 0 unspecified atom stereocenters. The molecule has 1 saturated heterocycles. The molecule has 3 aromatic rings. The van der Waals surface area contributed by atoms with Gasteiger partial charge in [-0.15, -0.1) is 0 Å². The third kappa shape index (κ3) is 5.54. The molecule has 0 amide bonds. The minimum Gasteiger partial charge on any atom is -0.389 e. The van der Waals surface area contributed by atoms with Crippen molar-refractivity contribution in [3.05, 3.63) is 60.0 Å². The summed E-state index contributed by atoms with van der Waals surface area (Å²) in [4.78, 5) is 8.69. The molecule has 1 fully saturated rings. The Bertz CT molecular complexity index is 1320. The molecule has 36 heavy (non-hydrogen) atoms. The van der Waals surface area contributed by atoms with Gasteiger partial charge in [-0.05, 0) is 31.4 Å². The molecule has 4 rings (SSSR count). The molecular formula is C26H32N8O2. The summed E-state index contributed by atoms with van der Waals surface area (Å²) in [5.41, 5.74) is 5.12. The van der Waals surface area contributed by atoms with Crippen LogP contribution in [0.25, 0.3) is 22.2 Å². The lowest BCUT2D eigenvalue weighted by Crippen LogP contribution is -2.48. The topological polar surface area (TPSA) is 107 Å². The normalized spacial score (nSPS) is 16.4. The molecule has 3 aromatic heterocycles. The Balaban J connectivity index is 1.59. The number of rotatable bonds is 9. The lowest BCUT2D eigenvalue weighted by atomic mass is 10.0. The molecule has 0 spiro atoms. The van der Waals surface area contributed by atoms with Crippen molar-refractivity contribution in [1.29, 1.82) is 5.26 Å². The largest absolute Gasteiger partial charge is 0.389 e. The number of methoxy groups -OCH3 is 1. The molecule has 0 saturated carbocycles. The zero-order chi connectivity index (χ0) is 25.7. The standard InChI is InChI=1S/C26H32N8O2/c1-19(5-6-25(28-2)33-9-7-32(8-10-33)17-23(35)18-36-4)24-11-20(22-14-29-31(3)15-22)16-34-26(24)21(12-27)13-30-34/h5-6,11,13-16,23,35H,2,7-10,17-18H2,1,3-4H3/b19-5+,25-6+/t23-/m1/s1. The van der Waals surface area contributed by atoms with Gasteiger partial charge in [0, 0.05) is 76.0 Å². The van der Waals surface area contributed by atoms with E-state index in [-0.39, 0.29) is 0 Å². The van der Waals surface area contributed by atoms with Gasteiger partial charge in [-0.25, -0.2) is 9.51 Å². The van der Waals surface area contributed by atoms with Crippen LogP contribution in [-0.2, 0) is 11.8 Å². The quantitative estimate of drug-likeness (QED) is 0.363. The Hall–Kier alpha value is -3.78. The van der Waals surface area contributed by atoms with Gasteiger partial charge in [0.15, 0.2) is 0 Å². The number of fused-ring (bicyclic) bond motifs is 1. The fraction of sp³-hybridized carbons (Fsp3) is 0.385. The molecule has 10 nitrogen and oxygen atoms in total. The van der Waals surface area contributed by atoms with E-state index in [1.165, 1.54) is 0 Å². The third-order valence-corrected chi connectivity index (χ3v) is 6.36. The SMILES string of the molecule is C=N/C(=C\C=C(/C)c1cc(-c2cnn(C)c2)cn2ncc(C#N)c12)N1CCN(C[C@@H](O)COC)CC1. The fourth-order valence-electron chi connectivity index (χ4n) is 4.48. The van der Waals surface area contributed by atoms with Crippen molar-refractivity contribution in [3.63, 3.8) is 0 Å². The molecule has 1 aliphatic rings. The van der Waals surface area contributed by atoms with Crippen molar-refractivity contribution >= 4 is 17.8 Å². The molecule has 0 aliphatic carbocycles. The Morgan fingerprint density at radius 3 is 2.64 bits per heavy atom. The van der Waals surface area contributed by atoms with Gasteiger partial charge in [-0.3, -0.25) is 9.58 Å². The summed E-state index contributed by atoms with van der Waals surface area (Å²) in [6.07, 6.45) is 10.8. The first-order valence-corrected chi connectivity index (χ1v) is 11.8. The van der Waals surface area contributed by atoms with Crippen molar-refractivity contribution in [3.8, 4) is 17.2 Å². The smallest absolute Gasteiger partial charge is 0.127 e. The average molecular weight is 489 g/mol. The Morgan fingerprint density at radius 1 is 1.22 bits per heavy atom. The minimum absolute atomic E-state index is 0.337. The second-order valence-electron chi connectivity index (χ2n) is 8.94. The highest BCUT2D eigenvalue weighted by Gasteiger charge is 2.20. The van der Waals surface area contributed by atoms with Crippen molar-refractivity contribution < 1.29 is 9.84 Å². The van der Waals surface area contributed by atoms with E-state index in [4.69, 9.17) is 4.74 Å². The van der Waals surface area contributed by atoms with E-state index in [2.05, 4.69) is 43.8 Å². The molecule has 1 aliphatic heterocycles. The van der Waals surface area contributed by atoms with Gasteiger partial charge in [0.1, 0.15) is 11.9 Å². The van der Waals surface area contributed by atoms with Crippen LogP contribution in [0.15, 0.2) is 53.8 Å². The lowest BCUT2D eigenvalue weighted by Gasteiger charge is -2.36. The average Bonchev–Trinajstić information content (AvgIpc) is 3.50. The van der Waals surface area contributed by atoms with Gasteiger partial charge < -0.3 is 14.7 Å². The molecule has 188 valence electrons. The molecule has 0 aromatic carbocycles. The van der Waals surface area contributed by atoms with Crippen LogP contribution in [0, 0.1) is 11.3 Å². The number of aromatic nitrogens is 4. The first-order chi connectivity index (χ1) is 17.4. The van der Waals surface area contributed by atoms with Crippen molar-refractivity contribution in [2.75, 3.05) is 46.4 Å². The number of β-amino-alcohol motifs (C(OH)–C–C–N with tert-alkyl or cyclic N) is 1. The van der Waals surface area contributed by atoms with Crippen molar-refractivity contribution in [2.45, 2.75) is 13.0 Å².